The monoisotopic (exact) mass is 260 g/mol. The van der Waals surface area contributed by atoms with Crippen molar-refractivity contribution in [2.45, 2.75) is 20.3 Å². The molecule has 0 fully saturated rings. The maximum Gasteiger partial charge on any atom is 0.228 e. The quantitative estimate of drug-likeness (QED) is 0.908. The molecule has 1 heterocycles. The van der Waals surface area contributed by atoms with E-state index in [-0.39, 0.29) is 11.8 Å². The lowest BCUT2D eigenvalue weighted by Crippen LogP contribution is -2.19. The average molecular weight is 260 g/mol. The average Bonchev–Trinajstić information content (AvgIpc) is 2.87. The highest BCUT2D eigenvalue weighted by atomic mass is 32.1. The van der Waals surface area contributed by atoms with E-state index in [9.17, 15) is 4.79 Å². The summed E-state index contributed by atoms with van der Waals surface area (Å²) in [6, 6.07) is 9.95. The molecule has 94 valence electrons. The van der Waals surface area contributed by atoms with Crippen molar-refractivity contribution >= 4 is 22.4 Å². The van der Waals surface area contributed by atoms with Crippen LogP contribution in [0.2, 0.25) is 0 Å². The minimum Gasteiger partial charge on any atom is -0.302 e. The fraction of sp³-hybridized carbons (Fsp3) is 0.286. The van der Waals surface area contributed by atoms with Gasteiger partial charge in [0.2, 0.25) is 5.91 Å². The lowest BCUT2D eigenvalue weighted by atomic mass is 10.1. The Bertz CT molecular complexity index is 522. The number of nitrogens with one attached hydrogen (secondary N) is 1. The van der Waals surface area contributed by atoms with Gasteiger partial charge in [0.15, 0.2) is 5.13 Å². The number of carbonyl (C=O) groups is 1. The number of nitrogens with zero attached hydrogens (tertiary/aromatic N) is 1. The van der Waals surface area contributed by atoms with Crippen LogP contribution in [0.5, 0.6) is 0 Å². The largest absolute Gasteiger partial charge is 0.302 e. The Balaban J connectivity index is 2.10. The van der Waals surface area contributed by atoms with E-state index in [0.717, 1.165) is 17.7 Å². The second-order valence-corrected chi connectivity index (χ2v) is 5.06. The molecule has 1 aromatic carbocycles. The van der Waals surface area contributed by atoms with Gasteiger partial charge in [-0.3, -0.25) is 4.79 Å². The highest BCUT2D eigenvalue weighted by molar-refractivity contribution is 7.14. The van der Waals surface area contributed by atoms with Crippen LogP contribution in [0.4, 0.5) is 5.13 Å². The zero-order valence-electron chi connectivity index (χ0n) is 10.5. The van der Waals surface area contributed by atoms with E-state index >= 15 is 0 Å². The van der Waals surface area contributed by atoms with Crippen molar-refractivity contribution < 1.29 is 4.79 Å². The van der Waals surface area contributed by atoms with Gasteiger partial charge in [-0.15, -0.1) is 11.3 Å². The summed E-state index contributed by atoms with van der Waals surface area (Å²) in [5, 5.41) is 5.48. The summed E-state index contributed by atoms with van der Waals surface area (Å²) in [6.45, 7) is 3.92. The molecule has 1 amide bonds. The number of hydrogen-bond acceptors (Lipinski definition) is 3. The third-order valence-corrected chi connectivity index (χ3v) is 3.62. The zero-order valence-corrected chi connectivity index (χ0v) is 11.3. The lowest BCUT2D eigenvalue weighted by Gasteiger charge is -2.06. The first-order chi connectivity index (χ1) is 8.70. The van der Waals surface area contributed by atoms with Crippen molar-refractivity contribution in [1.82, 2.24) is 4.98 Å². The van der Waals surface area contributed by atoms with Gasteiger partial charge in [-0.1, -0.05) is 44.2 Å². The Morgan fingerprint density at radius 2 is 2.11 bits per heavy atom. The standard InChI is InChI=1S/C14H16N2OS/c1-3-10(2)13(17)16-14-15-12(9-18-14)11-7-5-4-6-8-11/h4-10H,3H2,1-2H3,(H,15,16,17)/t10-/m0/s1. The number of benzene rings is 1. The van der Waals surface area contributed by atoms with Crippen LogP contribution in [0.1, 0.15) is 20.3 Å². The molecule has 0 bridgehead atoms. The Labute approximate surface area is 111 Å². The normalized spacial score (nSPS) is 12.1. The van der Waals surface area contributed by atoms with Crippen LogP contribution in [0.3, 0.4) is 0 Å². The maximum atomic E-state index is 11.7. The van der Waals surface area contributed by atoms with E-state index in [1.165, 1.54) is 11.3 Å². The Morgan fingerprint density at radius 1 is 1.39 bits per heavy atom. The summed E-state index contributed by atoms with van der Waals surface area (Å²) in [4.78, 5) is 16.2. The van der Waals surface area contributed by atoms with Gasteiger partial charge in [-0.05, 0) is 6.42 Å². The number of hydrogen-bond donors (Lipinski definition) is 1. The van der Waals surface area contributed by atoms with Gasteiger partial charge in [-0.25, -0.2) is 4.98 Å². The van der Waals surface area contributed by atoms with Gasteiger partial charge >= 0.3 is 0 Å². The van der Waals surface area contributed by atoms with Gasteiger partial charge in [0.1, 0.15) is 0 Å². The number of aromatic nitrogens is 1. The van der Waals surface area contributed by atoms with Gasteiger partial charge in [0.25, 0.3) is 0 Å². The fourth-order valence-electron chi connectivity index (χ4n) is 1.49. The van der Waals surface area contributed by atoms with E-state index in [0.29, 0.717) is 5.13 Å². The molecule has 0 spiro atoms. The van der Waals surface area contributed by atoms with Crippen molar-refractivity contribution in [3.05, 3.63) is 35.7 Å². The maximum absolute atomic E-state index is 11.7. The molecule has 1 N–H and O–H groups in total. The van der Waals surface area contributed by atoms with Crippen molar-refractivity contribution in [3.63, 3.8) is 0 Å². The summed E-state index contributed by atoms with van der Waals surface area (Å²) in [5.74, 6) is 0.0561. The molecule has 1 aromatic heterocycles. The van der Waals surface area contributed by atoms with Gasteiger partial charge < -0.3 is 5.32 Å². The summed E-state index contributed by atoms with van der Waals surface area (Å²) in [5.41, 5.74) is 1.97. The number of thiazole rings is 1. The van der Waals surface area contributed by atoms with Crippen molar-refractivity contribution in [2.24, 2.45) is 5.92 Å². The second kappa shape index (κ2) is 5.78. The molecule has 1 atom stereocenters. The molecule has 0 radical (unpaired) electrons. The predicted molar refractivity (Wildman–Crippen MR) is 75.6 cm³/mol. The first-order valence-electron chi connectivity index (χ1n) is 6.02. The zero-order chi connectivity index (χ0) is 13.0. The number of amides is 1. The molecule has 0 aliphatic rings. The molecular weight excluding hydrogens is 244 g/mol. The summed E-state index contributed by atoms with van der Waals surface area (Å²) < 4.78 is 0. The van der Waals surface area contributed by atoms with Gasteiger partial charge in [0, 0.05) is 16.9 Å². The topological polar surface area (TPSA) is 42.0 Å². The van der Waals surface area contributed by atoms with Crippen molar-refractivity contribution in [2.75, 3.05) is 5.32 Å². The smallest absolute Gasteiger partial charge is 0.228 e. The SMILES string of the molecule is CC[C@H](C)C(=O)Nc1nc(-c2ccccc2)cs1. The third kappa shape index (κ3) is 2.96. The lowest BCUT2D eigenvalue weighted by molar-refractivity contribution is -0.119. The summed E-state index contributed by atoms with van der Waals surface area (Å²) in [7, 11) is 0. The first-order valence-corrected chi connectivity index (χ1v) is 6.90. The van der Waals surface area contributed by atoms with E-state index < -0.39 is 0 Å². The van der Waals surface area contributed by atoms with E-state index in [2.05, 4.69) is 10.3 Å². The predicted octanol–water partition coefficient (Wildman–Crippen LogP) is 3.79. The Morgan fingerprint density at radius 3 is 2.78 bits per heavy atom. The Kier molecular flexibility index (Phi) is 4.10. The molecule has 3 nitrogen and oxygen atoms in total. The molecule has 0 unspecified atom stereocenters. The Hall–Kier alpha value is -1.68. The summed E-state index contributed by atoms with van der Waals surface area (Å²) in [6.07, 6.45) is 0.836. The van der Waals surface area contributed by atoms with Crippen LogP contribution in [-0.2, 0) is 4.79 Å². The first kappa shape index (κ1) is 12.8. The highest BCUT2D eigenvalue weighted by Crippen LogP contribution is 2.24. The molecule has 0 aliphatic heterocycles. The molecule has 18 heavy (non-hydrogen) atoms. The highest BCUT2D eigenvalue weighted by Gasteiger charge is 2.12. The van der Waals surface area contributed by atoms with E-state index in [4.69, 9.17) is 0 Å². The fourth-order valence-corrected chi connectivity index (χ4v) is 2.21. The van der Waals surface area contributed by atoms with E-state index in [1.54, 1.807) is 0 Å². The van der Waals surface area contributed by atoms with Crippen LogP contribution in [0.25, 0.3) is 11.3 Å². The number of anilines is 1. The molecular formula is C14H16N2OS. The molecule has 0 saturated heterocycles. The van der Waals surface area contributed by atoms with Crippen LogP contribution in [0.15, 0.2) is 35.7 Å². The summed E-state index contributed by atoms with van der Waals surface area (Å²) >= 11 is 1.46. The number of carbonyl (C=O) groups excluding carboxylic acids is 1. The molecule has 0 saturated carbocycles. The minimum absolute atomic E-state index is 0.0223. The van der Waals surface area contributed by atoms with Crippen molar-refractivity contribution in [1.29, 1.82) is 0 Å². The number of rotatable bonds is 4. The molecule has 0 aliphatic carbocycles. The minimum atomic E-state index is 0.0223. The van der Waals surface area contributed by atoms with Crippen molar-refractivity contribution in [3.8, 4) is 11.3 Å². The molecule has 2 rings (SSSR count). The second-order valence-electron chi connectivity index (χ2n) is 4.20. The van der Waals surface area contributed by atoms with Gasteiger partial charge in [0.05, 0.1) is 5.69 Å². The third-order valence-electron chi connectivity index (χ3n) is 2.86. The van der Waals surface area contributed by atoms with Crippen LogP contribution < -0.4 is 5.32 Å². The van der Waals surface area contributed by atoms with Gasteiger partial charge in [-0.2, -0.15) is 0 Å². The van der Waals surface area contributed by atoms with Crippen LogP contribution >= 0.6 is 11.3 Å². The van der Waals surface area contributed by atoms with Crippen LogP contribution in [-0.4, -0.2) is 10.9 Å². The molecule has 4 heteroatoms. The van der Waals surface area contributed by atoms with E-state index in [1.807, 2.05) is 49.6 Å². The molecule has 2 aromatic rings. The van der Waals surface area contributed by atoms with Crippen LogP contribution in [0, 0.1) is 5.92 Å².